The molecule has 64 valence electrons. The third-order valence-electron chi connectivity index (χ3n) is 1.17. The fourth-order valence-electron chi connectivity index (χ4n) is 0.158. The van der Waals surface area contributed by atoms with E-state index in [1.807, 2.05) is 13.8 Å². The summed E-state index contributed by atoms with van der Waals surface area (Å²) in [5.74, 6) is 0. The molecule has 0 spiro atoms. The Morgan fingerprint density at radius 2 is 1.33 bits per heavy atom. The zero-order chi connectivity index (χ0) is 7.82. The van der Waals surface area contributed by atoms with Crippen molar-refractivity contribution in [3.8, 4) is 0 Å². The molecule has 0 rings (SSSR count). The quantitative estimate of drug-likeness (QED) is 0.797. The van der Waals surface area contributed by atoms with Crippen LogP contribution < -0.4 is 8.58 Å². The summed E-state index contributed by atoms with van der Waals surface area (Å²) in [5, 5.41) is 0. The number of rotatable bonds is 2. The molecule has 0 amide bonds. The zero-order valence-electron chi connectivity index (χ0n) is 5.64. The molecule has 5 heteroatoms. The molecule has 0 radical (unpaired) electrons. The van der Waals surface area contributed by atoms with Gasteiger partial charge in [-0.2, -0.15) is 0 Å². The summed E-state index contributed by atoms with van der Waals surface area (Å²) in [6.45, 7) is 3.65. The predicted octanol–water partition coefficient (Wildman–Crippen LogP) is 2.14. The van der Waals surface area contributed by atoms with Crippen molar-refractivity contribution in [3.63, 3.8) is 0 Å². The molecule has 0 aromatic carbocycles. The molecular weight excluding hydrogens is 342 g/mol. The molecule has 0 bridgehead atoms. The van der Waals surface area contributed by atoms with Gasteiger partial charge in [0.2, 0.25) is 0 Å². The van der Waals surface area contributed by atoms with E-state index in [0.717, 1.165) is 0 Å². The van der Waals surface area contributed by atoms with E-state index in [2.05, 4.69) is 0 Å². The minimum absolute atomic E-state index is 0.495. The first-order chi connectivity index (χ1) is 3.62. The van der Waals surface area contributed by atoms with Crippen molar-refractivity contribution in [3.05, 3.63) is 0 Å². The molecule has 0 saturated heterocycles. The molecule has 0 heterocycles. The van der Waals surface area contributed by atoms with Crippen molar-refractivity contribution in [1.29, 1.82) is 0 Å². The molecule has 0 aromatic rings. The monoisotopic (exact) mass is 355 g/mol. The van der Waals surface area contributed by atoms with E-state index in [9.17, 15) is 0 Å². The molecule has 0 aliphatic heterocycles. The van der Waals surface area contributed by atoms with Crippen molar-refractivity contribution in [2.45, 2.75) is 23.5 Å². The van der Waals surface area contributed by atoms with Crippen molar-refractivity contribution in [2.24, 2.45) is 8.58 Å². The van der Waals surface area contributed by atoms with Crippen LogP contribution in [0.15, 0.2) is 0 Å². The molecule has 0 aliphatic carbocycles. The van der Waals surface area contributed by atoms with Crippen LogP contribution in [-0.4, -0.2) is 0 Å². The second-order valence-corrected chi connectivity index (χ2v) is 28.5. The van der Waals surface area contributed by atoms with Crippen LogP contribution in [0.5, 0.6) is 0 Å². The van der Waals surface area contributed by atoms with Gasteiger partial charge in [0.05, 0.1) is 0 Å². The SMILES string of the molecule is C[CH2][Pt]([NH2])([NH2])([Cl])([Cl])[CH2]C. The average Bonchev–Trinajstić information content (AvgIpc) is 1.67. The van der Waals surface area contributed by atoms with E-state index in [-0.39, 0.29) is 0 Å². The molecule has 2 nitrogen and oxygen atoms in total. The van der Waals surface area contributed by atoms with Gasteiger partial charge in [-0.3, -0.25) is 0 Å². The van der Waals surface area contributed by atoms with Gasteiger partial charge < -0.3 is 0 Å². The summed E-state index contributed by atoms with van der Waals surface area (Å²) in [7, 11) is 11.8. The molecule has 0 fully saturated rings. The van der Waals surface area contributed by atoms with Gasteiger partial charge in [-0.25, -0.2) is 0 Å². The first kappa shape index (κ1) is 10.2. The Labute approximate surface area is 62.8 Å². The van der Waals surface area contributed by atoms with Crippen molar-refractivity contribution >= 4 is 18.8 Å². The molecule has 0 aromatic heterocycles. The van der Waals surface area contributed by atoms with E-state index < -0.39 is 12.0 Å². The standard InChI is InChI=1S/2C2H5.2ClH.2H2N.Pt/c2*1-2;;;;;/h2*1H2,2H3;2*1H;2*1H2;/q;;;;2*-1;+4/p-2. The fourth-order valence-corrected chi connectivity index (χ4v) is 1.29. The van der Waals surface area contributed by atoms with Crippen molar-refractivity contribution in [2.75, 3.05) is 0 Å². The minimum atomic E-state index is -4.29. The summed E-state index contributed by atoms with van der Waals surface area (Å²) in [6, 6.07) is 0. The Morgan fingerprint density at radius 3 is 1.33 bits per heavy atom. The number of hydrogen-bond donors (Lipinski definition) is 2. The van der Waals surface area contributed by atoms with E-state index in [1.165, 1.54) is 0 Å². The maximum atomic E-state index is 5.92. The second kappa shape index (κ2) is 1.86. The van der Waals surface area contributed by atoms with Gasteiger partial charge in [0, 0.05) is 0 Å². The van der Waals surface area contributed by atoms with Crippen LogP contribution in [0.1, 0.15) is 13.8 Å². The Bertz CT molecular complexity index is 114. The third-order valence-corrected chi connectivity index (χ3v) is 15.1. The van der Waals surface area contributed by atoms with E-state index >= 15 is 0 Å². The topological polar surface area (TPSA) is 52.0 Å². The van der Waals surface area contributed by atoms with E-state index in [0.29, 0.717) is 9.62 Å². The van der Waals surface area contributed by atoms with Crippen LogP contribution in [0.3, 0.4) is 0 Å². The van der Waals surface area contributed by atoms with Crippen LogP contribution in [0.2, 0.25) is 9.62 Å². The first-order valence-corrected chi connectivity index (χ1v) is 13.9. The van der Waals surface area contributed by atoms with Crippen molar-refractivity contribution < 1.29 is 12.0 Å². The summed E-state index contributed by atoms with van der Waals surface area (Å²) in [4.78, 5) is 0.990. The van der Waals surface area contributed by atoms with Crippen LogP contribution in [0, 0.1) is 0 Å². The van der Waals surface area contributed by atoms with Crippen LogP contribution in [-0.2, 0) is 12.0 Å². The Balaban J connectivity index is 4.64. The van der Waals surface area contributed by atoms with Crippen molar-refractivity contribution in [1.82, 2.24) is 0 Å². The molecule has 0 unspecified atom stereocenters. The van der Waals surface area contributed by atoms with Gasteiger partial charge >= 0.3 is 62.9 Å². The van der Waals surface area contributed by atoms with Gasteiger partial charge in [0.15, 0.2) is 0 Å². The normalized spacial score (nSPS) is 20.7. The number of halogens is 2. The summed E-state index contributed by atoms with van der Waals surface area (Å²) >= 11 is -4.29. The molecular formula is C4H14Cl2N2Pt. The summed E-state index contributed by atoms with van der Waals surface area (Å²) < 4.78 is 11.4. The number of hydrogen-bond acceptors (Lipinski definition) is 2. The van der Waals surface area contributed by atoms with E-state index in [4.69, 9.17) is 27.4 Å². The third kappa shape index (κ3) is 3.79. The first-order valence-electron chi connectivity index (χ1n) is 2.47. The molecule has 9 heavy (non-hydrogen) atoms. The summed E-state index contributed by atoms with van der Waals surface area (Å²) in [5.41, 5.74) is 0. The molecule has 0 atom stereocenters. The van der Waals surface area contributed by atoms with Gasteiger partial charge in [-0.15, -0.1) is 0 Å². The van der Waals surface area contributed by atoms with Crippen LogP contribution >= 0.6 is 18.8 Å². The Morgan fingerprint density at radius 1 is 1.11 bits per heavy atom. The van der Waals surface area contributed by atoms with Crippen LogP contribution in [0.4, 0.5) is 0 Å². The van der Waals surface area contributed by atoms with Gasteiger partial charge in [-0.05, 0) is 0 Å². The Kier molecular flexibility index (Phi) is 2.11. The Hall–Kier alpha value is 1.19. The molecule has 0 aliphatic rings. The fraction of sp³-hybridized carbons (Fsp3) is 1.00. The molecule has 4 N–H and O–H groups in total. The zero-order valence-corrected chi connectivity index (χ0v) is 9.43. The average molecular weight is 356 g/mol. The summed E-state index contributed by atoms with van der Waals surface area (Å²) in [6.07, 6.45) is 0. The van der Waals surface area contributed by atoms with Gasteiger partial charge in [0.25, 0.3) is 0 Å². The second-order valence-electron chi connectivity index (χ2n) is 1.89. The maximum absolute atomic E-state index is 5.92. The van der Waals surface area contributed by atoms with Gasteiger partial charge in [-0.1, -0.05) is 0 Å². The van der Waals surface area contributed by atoms with Gasteiger partial charge in [0.1, 0.15) is 0 Å². The molecule has 0 saturated carbocycles. The van der Waals surface area contributed by atoms with Crippen LogP contribution in [0.25, 0.3) is 0 Å². The number of nitrogens with two attached hydrogens (primary N) is 2. The van der Waals surface area contributed by atoms with E-state index in [1.54, 1.807) is 0 Å². The predicted molar refractivity (Wildman–Crippen MR) is 41.0 cm³/mol.